The van der Waals surface area contributed by atoms with Gasteiger partial charge in [-0.2, -0.15) is 0 Å². The van der Waals surface area contributed by atoms with Gasteiger partial charge in [0.1, 0.15) is 10.5 Å². The predicted octanol–water partition coefficient (Wildman–Crippen LogP) is -4.29. The van der Waals surface area contributed by atoms with Crippen LogP contribution in [-0.2, 0) is 0 Å². The summed E-state index contributed by atoms with van der Waals surface area (Å²) in [7, 11) is 0.306. The second kappa shape index (κ2) is 30.4. The Hall–Kier alpha value is 1.18. The average Bonchev–Trinajstić information content (AvgIpc) is 1.00. The van der Waals surface area contributed by atoms with Gasteiger partial charge in [-0.05, 0) is 0 Å². The Morgan fingerprint density at radius 3 is 1.25 bits per heavy atom. The molecule has 0 rings (SSSR count). The summed E-state index contributed by atoms with van der Waals surface area (Å²) in [5.74, 6) is 0. The largest absolute Gasteiger partial charge is 1.00 e. The van der Waals surface area contributed by atoms with Gasteiger partial charge in [0.05, 0.1) is 0 Å². The molecule has 0 amide bonds. The topological polar surface area (TPSA) is 20.2 Å². The molecule has 0 aromatic rings. The molecule has 0 aromatic carbocycles. The van der Waals surface area contributed by atoms with Crippen LogP contribution in [0.4, 0.5) is 0 Å². The monoisotopic (exact) mass is 86.0 g/mol. The van der Waals surface area contributed by atoms with Crippen LogP contribution >= 0.6 is 0 Å². The van der Waals surface area contributed by atoms with E-state index in [9.17, 15) is 0 Å². The first kappa shape index (κ1) is 19.1. The van der Waals surface area contributed by atoms with Gasteiger partial charge in [-0.1, -0.05) is 0 Å². The molecule has 0 atom stereocenters. The van der Waals surface area contributed by atoms with Crippen LogP contribution in [0.3, 0.4) is 0 Å². The van der Waals surface area contributed by atoms with Crippen LogP contribution < -0.4 is 29.6 Å². The average molecular weight is 86.1 g/mol. The van der Waals surface area contributed by atoms with E-state index in [1.54, 1.807) is 0 Å². The molecular weight excluding hydrogens is 79.1 g/mol. The minimum absolute atomic E-state index is 0. The zero-order valence-corrected chi connectivity index (χ0v) is 7.45. The quantitative estimate of drug-likeness (QED) is 0.234. The summed E-state index contributed by atoms with van der Waals surface area (Å²) in [5, 5.41) is 0. The van der Waals surface area contributed by atoms with Crippen molar-refractivity contribution < 1.29 is 34.4 Å². The fraction of sp³-hybridized carbons (Fsp3) is 0. The Morgan fingerprint density at radius 2 is 1.25 bits per heavy atom. The molecular formula is CH7NaOSi. The van der Waals surface area contributed by atoms with Gasteiger partial charge >= 0.3 is 29.6 Å². The summed E-state index contributed by atoms with van der Waals surface area (Å²) in [4.78, 5) is 7.14. The Balaban J connectivity index is -0.00000000500. The first-order chi connectivity index (χ1) is 1.00. The number of hydrogen-bond donors (Lipinski definition) is 1. The molecule has 0 aliphatic heterocycles. The van der Waals surface area contributed by atoms with Crippen molar-refractivity contribution in [2.75, 3.05) is 0 Å². The molecule has 0 saturated carbocycles. The molecule has 0 aliphatic rings. The van der Waals surface area contributed by atoms with Gasteiger partial charge in [-0.15, -0.1) is 0 Å². The van der Waals surface area contributed by atoms with Crippen LogP contribution in [0.25, 0.3) is 0 Å². The standard InChI is InChI=1S/CH3.Na.H4OSi/c;;1-2/h1H3;;1H,2H3/q-1;+1;. The molecule has 0 aliphatic carbocycles. The van der Waals surface area contributed by atoms with E-state index in [-0.39, 0.29) is 37.0 Å². The van der Waals surface area contributed by atoms with Crippen molar-refractivity contribution >= 4 is 10.5 Å². The smallest absolute Gasteiger partial charge is 0.442 e. The van der Waals surface area contributed by atoms with Crippen molar-refractivity contribution in [1.29, 1.82) is 0 Å². The van der Waals surface area contributed by atoms with Crippen LogP contribution in [0.2, 0.25) is 0 Å². The summed E-state index contributed by atoms with van der Waals surface area (Å²) in [6.45, 7) is 0. The number of rotatable bonds is 0. The zero-order chi connectivity index (χ0) is 2.00. The summed E-state index contributed by atoms with van der Waals surface area (Å²) in [5.41, 5.74) is 0. The molecule has 0 aromatic heterocycles. The van der Waals surface area contributed by atoms with Crippen LogP contribution in [0, 0.1) is 7.43 Å². The molecule has 0 radical (unpaired) electrons. The Morgan fingerprint density at radius 1 is 1.25 bits per heavy atom. The second-order valence-corrected chi connectivity index (χ2v) is 0. The van der Waals surface area contributed by atoms with Crippen molar-refractivity contribution in [2.45, 2.75) is 0 Å². The van der Waals surface area contributed by atoms with Gasteiger partial charge in [-0.3, -0.25) is 0 Å². The van der Waals surface area contributed by atoms with E-state index in [0.29, 0.717) is 10.5 Å². The van der Waals surface area contributed by atoms with Crippen molar-refractivity contribution in [1.82, 2.24) is 0 Å². The van der Waals surface area contributed by atoms with Crippen LogP contribution in [0.15, 0.2) is 0 Å². The third kappa shape index (κ3) is 10.9. The van der Waals surface area contributed by atoms with Crippen molar-refractivity contribution in [3.8, 4) is 0 Å². The summed E-state index contributed by atoms with van der Waals surface area (Å²) in [6, 6.07) is 0. The Bertz CT molecular complexity index is 8.00. The fourth-order valence-electron chi connectivity index (χ4n) is 0. The molecule has 0 heterocycles. The van der Waals surface area contributed by atoms with E-state index in [0.717, 1.165) is 0 Å². The molecule has 0 unspecified atom stereocenters. The van der Waals surface area contributed by atoms with E-state index >= 15 is 0 Å². The van der Waals surface area contributed by atoms with Crippen molar-refractivity contribution in [3.63, 3.8) is 0 Å². The molecule has 1 nitrogen and oxygen atoms in total. The maximum absolute atomic E-state index is 7.14. The molecule has 0 saturated heterocycles. The summed E-state index contributed by atoms with van der Waals surface area (Å²) in [6.07, 6.45) is 0. The summed E-state index contributed by atoms with van der Waals surface area (Å²) >= 11 is 0. The minimum Gasteiger partial charge on any atom is -0.442 e. The fourth-order valence-corrected chi connectivity index (χ4v) is 0. The van der Waals surface area contributed by atoms with E-state index in [1.165, 1.54) is 0 Å². The zero-order valence-electron chi connectivity index (χ0n) is 3.45. The van der Waals surface area contributed by atoms with Crippen LogP contribution in [-0.4, -0.2) is 15.3 Å². The van der Waals surface area contributed by atoms with E-state index in [4.69, 9.17) is 4.80 Å². The maximum Gasteiger partial charge on any atom is 1.00 e. The van der Waals surface area contributed by atoms with Crippen molar-refractivity contribution in [2.24, 2.45) is 0 Å². The molecule has 4 heavy (non-hydrogen) atoms. The molecule has 0 fully saturated rings. The first-order valence-electron chi connectivity index (χ1n) is 0.447. The van der Waals surface area contributed by atoms with Gasteiger partial charge in [0.2, 0.25) is 0 Å². The van der Waals surface area contributed by atoms with Gasteiger partial charge in [0, 0.05) is 0 Å². The Kier molecular flexibility index (Phi) is 145. The third-order valence-corrected chi connectivity index (χ3v) is 0. The second-order valence-electron chi connectivity index (χ2n) is 0. The minimum atomic E-state index is 0. The van der Waals surface area contributed by atoms with Gasteiger partial charge in [0.15, 0.2) is 0 Å². The normalized spacial score (nSPS) is 2.25. The third-order valence-electron chi connectivity index (χ3n) is 0. The molecule has 0 bridgehead atoms. The SMILES string of the molecule is O[SiH3].[CH3-].[Na+]. The molecule has 22 valence electrons. The summed E-state index contributed by atoms with van der Waals surface area (Å²) < 4.78 is 0. The van der Waals surface area contributed by atoms with Crippen molar-refractivity contribution in [3.05, 3.63) is 7.43 Å². The first-order valence-corrected chi connectivity index (χ1v) is 1.34. The van der Waals surface area contributed by atoms with E-state index < -0.39 is 0 Å². The van der Waals surface area contributed by atoms with E-state index in [1.807, 2.05) is 0 Å². The van der Waals surface area contributed by atoms with Gasteiger partial charge in [-0.25, -0.2) is 0 Å². The van der Waals surface area contributed by atoms with Gasteiger partial charge in [0.25, 0.3) is 0 Å². The Labute approximate surface area is 52.2 Å². The van der Waals surface area contributed by atoms with Gasteiger partial charge < -0.3 is 12.2 Å². The molecule has 1 N–H and O–H groups in total. The molecule has 3 heteroatoms. The molecule has 0 spiro atoms. The van der Waals surface area contributed by atoms with Crippen LogP contribution in [0.5, 0.6) is 0 Å². The predicted molar refractivity (Wildman–Crippen MR) is 18.6 cm³/mol. The maximum atomic E-state index is 7.14. The number of hydrogen-bond acceptors (Lipinski definition) is 1. The van der Waals surface area contributed by atoms with Crippen LogP contribution in [0.1, 0.15) is 0 Å². The van der Waals surface area contributed by atoms with E-state index in [2.05, 4.69) is 0 Å².